The van der Waals surface area contributed by atoms with Crippen LogP contribution in [0, 0.1) is 0 Å². The molecule has 0 aliphatic carbocycles. The molecule has 3 aromatic rings. The third kappa shape index (κ3) is 3.64. The zero-order valence-electron chi connectivity index (χ0n) is 15.2. The van der Waals surface area contributed by atoms with Gasteiger partial charge in [-0.1, -0.05) is 48.5 Å². The Morgan fingerprint density at radius 1 is 1.07 bits per heavy atom. The second-order valence-electron chi connectivity index (χ2n) is 6.82. The van der Waals surface area contributed by atoms with Crippen molar-refractivity contribution in [2.24, 2.45) is 0 Å². The van der Waals surface area contributed by atoms with Crippen molar-refractivity contribution in [2.75, 3.05) is 6.54 Å². The zero-order chi connectivity index (χ0) is 19.5. The molecule has 0 saturated carbocycles. The Kier molecular flexibility index (Phi) is 4.89. The topological polar surface area (TPSA) is 93.1 Å². The molecule has 1 fully saturated rings. The molecule has 28 heavy (non-hydrogen) atoms. The highest BCUT2D eigenvalue weighted by Crippen LogP contribution is 2.17. The monoisotopic (exact) mass is 376 g/mol. The van der Waals surface area contributed by atoms with E-state index in [4.69, 9.17) is 0 Å². The average molecular weight is 376 g/mol. The van der Waals surface area contributed by atoms with E-state index in [1.54, 1.807) is 12.1 Å². The molecular weight excluding hydrogens is 356 g/mol. The summed E-state index contributed by atoms with van der Waals surface area (Å²) in [5.41, 5.74) is 1.48. The summed E-state index contributed by atoms with van der Waals surface area (Å²) in [5.74, 6) is -0.602. The van der Waals surface area contributed by atoms with Crippen LogP contribution >= 0.6 is 0 Å². The van der Waals surface area contributed by atoms with E-state index in [2.05, 4.69) is 15.7 Å². The molecule has 1 saturated heterocycles. The summed E-state index contributed by atoms with van der Waals surface area (Å²) < 4.78 is 1.18. The fourth-order valence-electron chi connectivity index (χ4n) is 3.44. The minimum atomic E-state index is -0.549. The fourth-order valence-corrected chi connectivity index (χ4v) is 3.44. The maximum absolute atomic E-state index is 12.8. The first kappa shape index (κ1) is 17.9. The van der Waals surface area contributed by atoms with Gasteiger partial charge in [0.25, 0.3) is 5.56 Å². The lowest BCUT2D eigenvalue weighted by atomic mass is 10.0. The normalized spacial score (nSPS) is 16.1. The van der Waals surface area contributed by atoms with Gasteiger partial charge >= 0.3 is 0 Å². The van der Waals surface area contributed by atoms with E-state index in [-0.39, 0.29) is 18.0 Å². The van der Waals surface area contributed by atoms with E-state index < -0.39 is 11.9 Å². The van der Waals surface area contributed by atoms with Crippen molar-refractivity contribution in [3.05, 3.63) is 76.2 Å². The molecule has 7 nitrogen and oxygen atoms in total. The van der Waals surface area contributed by atoms with Gasteiger partial charge < -0.3 is 10.6 Å². The van der Waals surface area contributed by atoms with Crippen LogP contribution in [0.25, 0.3) is 10.8 Å². The smallest absolute Gasteiger partial charge is 0.275 e. The summed E-state index contributed by atoms with van der Waals surface area (Å²) in [7, 11) is 0. The average Bonchev–Trinajstić information content (AvgIpc) is 3.11. The molecule has 1 aliphatic rings. The predicted molar refractivity (Wildman–Crippen MR) is 105 cm³/mol. The van der Waals surface area contributed by atoms with E-state index in [9.17, 15) is 14.4 Å². The number of nitrogens with one attached hydrogen (secondary N) is 2. The van der Waals surface area contributed by atoms with Crippen molar-refractivity contribution in [1.29, 1.82) is 0 Å². The summed E-state index contributed by atoms with van der Waals surface area (Å²) in [6, 6.07) is 16.6. The first-order valence-electron chi connectivity index (χ1n) is 9.21. The van der Waals surface area contributed by atoms with E-state index in [0.29, 0.717) is 24.8 Å². The first-order chi connectivity index (χ1) is 13.6. The van der Waals surface area contributed by atoms with Crippen LogP contribution in [0.3, 0.4) is 0 Å². The number of fused-ring (bicyclic) bond motifs is 1. The van der Waals surface area contributed by atoms with Crippen molar-refractivity contribution in [1.82, 2.24) is 20.4 Å². The lowest BCUT2D eigenvalue weighted by molar-refractivity contribution is -0.127. The Labute approximate surface area is 161 Å². The van der Waals surface area contributed by atoms with Gasteiger partial charge in [0.15, 0.2) is 0 Å². The largest absolute Gasteiger partial charge is 0.354 e. The van der Waals surface area contributed by atoms with Crippen molar-refractivity contribution >= 4 is 22.6 Å². The third-order valence-corrected chi connectivity index (χ3v) is 4.84. The second-order valence-corrected chi connectivity index (χ2v) is 6.82. The Morgan fingerprint density at radius 2 is 1.79 bits per heavy atom. The summed E-state index contributed by atoms with van der Waals surface area (Å²) in [6.45, 7) is 0.314. The van der Waals surface area contributed by atoms with Crippen molar-refractivity contribution in [2.45, 2.75) is 25.4 Å². The first-order valence-corrected chi connectivity index (χ1v) is 9.21. The van der Waals surface area contributed by atoms with Gasteiger partial charge in [0.05, 0.1) is 11.1 Å². The highest BCUT2D eigenvalue weighted by atomic mass is 16.2. The molecule has 2 heterocycles. The maximum Gasteiger partial charge on any atom is 0.275 e. The van der Waals surface area contributed by atoms with Crippen molar-refractivity contribution in [3.63, 3.8) is 0 Å². The summed E-state index contributed by atoms with van der Waals surface area (Å²) in [4.78, 5) is 36.8. The van der Waals surface area contributed by atoms with Crippen LogP contribution in [0.15, 0.2) is 59.4 Å². The van der Waals surface area contributed by atoms with Gasteiger partial charge in [-0.25, -0.2) is 4.68 Å². The molecule has 1 aromatic heterocycles. The van der Waals surface area contributed by atoms with Crippen LogP contribution in [-0.4, -0.2) is 34.2 Å². The van der Waals surface area contributed by atoms with E-state index >= 15 is 0 Å². The number of hydrogen-bond donors (Lipinski definition) is 2. The van der Waals surface area contributed by atoms with Gasteiger partial charge in [0, 0.05) is 18.4 Å². The van der Waals surface area contributed by atoms with E-state index in [1.165, 1.54) is 4.68 Å². The van der Waals surface area contributed by atoms with E-state index in [0.717, 1.165) is 16.6 Å². The molecule has 0 spiro atoms. The van der Waals surface area contributed by atoms with Crippen LogP contribution in [0.5, 0.6) is 0 Å². The summed E-state index contributed by atoms with van der Waals surface area (Å²) in [6.07, 6.45) is 1.10. The maximum atomic E-state index is 12.8. The molecule has 4 rings (SSSR count). The minimum absolute atomic E-state index is 0.197. The lowest BCUT2D eigenvalue weighted by Crippen LogP contribution is -2.43. The van der Waals surface area contributed by atoms with Crippen LogP contribution in [-0.2, 0) is 22.6 Å². The Morgan fingerprint density at radius 3 is 2.50 bits per heavy atom. The molecule has 0 radical (unpaired) electrons. The van der Waals surface area contributed by atoms with Gasteiger partial charge in [-0.05, 0) is 18.1 Å². The lowest BCUT2D eigenvalue weighted by Gasteiger charge is -2.13. The molecule has 0 bridgehead atoms. The van der Waals surface area contributed by atoms with Gasteiger partial charge in [-0.2, -0.15) is 5.10 Å². The van der Waals surface area contributed by atoms with Gasteiger partial charge in [0.2, 0.25) is 11.8 Å². The number of amides is 2. The molecule has 1 aliphatic heterocycles. The minimum Gasteiger partial charge on any atom is -0.354 e. The standard InChI is InChI=1S/C21H20N4O3/c26-19(23-17-10-11-22-20(17)27)13-25-21(28)16-9-5-4-8-15(16)18(24-25)12-14-6-2-1-3-7-14/h1-9,17H,10-13H2,(H,22,27)(H,23,26). The number of nitrogens with zero attached hydrogens (tertiary/aromatic N) is 2. The number of hydrogen-bond acceptors (Lipinski definition) is 4. The van der Waals surface area contributed by atoms with Gasteiger partial charge in [-0.15, -0.1) is 0 Å². The fraction of sp³-hybridized carbons (Fsp3) is 0.238. The molecule has 142 valence electrons. The molecular formula is C21H20N4O3. The Hall–Kier alpha value is -3.48. The highest BCUT2D eigenvalue weighted by Gasteiger charge is 2.25. The van der Waals surface area contributed by atoms with Crippen molar-refractivity contribution in [3.8, 4) is 0 Å². The molecule has 2 N–H and O–H groups in total. The van der Waals surface area contributed by atoms with Gasteiger partial charge in [0.1, 0.15) is 12.6 Å². The Balaban J connectivity index is 1.66. The quantitative estimate of drug-likeness (QED) is 0.695. The second kappa shape index (κ2) is 7.64. The third-order valence-electron chi connectivity index (χ3n) is 4.84. The zero-order valence-corrected chi connectivity index (χ0v) is 15.2. The van der Waals surface area contributed by atoms with Crippen LogP contribution in [0.2, 0.25) is 0 Å². The molecule has 1 unspecified atom stereocenters. The van der Waals surface area contributed by atoms with Gasteiger partial charge in [-0.3, -0.25) is 14.4 Å². The highest BCUT2D eigenvalue weighted by molar-refractivity contribution is 5.89. The SMILES string of the molecule is O=C(Cn1nc(Cc2ccccc2)c2ccccc2c1=O)NC1CCNC1=O. The number of carbonyl (C=O) groups excluding carboxylic acids is 2. The summed E-state index contributed by atoms with van der Waals surface area (Å²) >= 11 is 0. The van der Waals surface area contributed by atoms with Crippen molar-refractivity contribution < 1.29 is 9.59 Å². The van der Waals surface area contributed by atoms with Crippen LogP contribution in [0.1, 0.15) is 17.7 Å². The van der Waals surface area contributed by atoms with Crippen LogP contribution in [0.4, 0.5) is 0 Å². The number of carbonyl (C=O) groups is 2. The number of rotatable bonds is 5. The molecule has 2 aromatic carbocycles. The number of benzene rings is 2. The molecule has 1 atom stereocenters. The molecule has 2 amide bonds. The van der Waals surface area contributed by atoms with E-state index in [1.807, 2.05) is 42.5 Å². The molecule has 7 heteroatoms. The number of aromatic nitrogens is 2. The van der Waals surface area contributed by atoms with Crippen LogP contribution < -0.4 is 16.2 Å². The summed E-state index contributed by atoms with van der Waals surface area (Å²) in [5, 5.41) is 11.1. The Bertz CT molecular complexity index is 1090. The predicted octanol–water partition coefficient (Wildman–Crippen LogP) is 0.992.